The number of H-pyrrole nitrogens is 2. The van der Waals surface area contributed by atoms with Gasteiger partial charge in [0.15, 0.2) is 0 Å². The van der Waals surface area contributed by atoms with Gasteiger partial charge in [0.1, 0.15) is 5.69 Å². The van der Waals surface area contributed by atoms with Crippen LogP contribution in [-0.4, -0.2) is 26.1 Å². The van der Waals surface area contributed by atoms with Crippen molar-refractivity contribution in [3.05, 3.63) is 67.0 Å². The van der Waals surface area contributed by atoms with Crippen molar-refractivity contribution < 1.29 is 4.79 Å². The largest absolute Gasteiger partial charge is 0.353 e. The van der Waals surface area contributed by atoms with E-state index in [9.17, 15) is 4.79 Å². The summed E-state index contributed by atoms with van der Waals surface area (Å²) >= 11 is 0. The van der Waals surface area contributed by atoms with E-state index in [0.717, 1.165) is 75.7 Å². The van der Waals surface area contributed by atoms with Crippen LogP contribution < -0.4 is 5.32 Å². The SMILES string of the molecule is O=C(Nc1cncc(-c2ccc3[nH]nc(-c4cc5ccccc5[nH]4)c3c2)c1)C1CCCC1. The Kier molecular flexibility index (Phi) is 4.49. The lowest BCUT2D eigenvalue weighted by atomic mass is 10.0. The average molecular weight is 422 g/mol. The minimum Gasteiger partial charge on any atom is -0.353 e. The maximum absolute atomic E-state index is 12.5. The summed E-state index contributed by atoms with van der Waals surface area (Å²) in [5.41, 5.74) is 6.65. The Balaban J connectivity index is 1.35. The fraction of sp³-hybridized carbons (Fsp3) is 0.192. The maximum Gasteiger partial charge on any atom is 0.227 e. The number of carbonyl (C=O) groups excluding carboxylic acids is 1. The van der Waals surface area contributed by atoms with Gasteiger partial charge in [-0.25, -0.2) is 0 Å². The van der Waals surface area contributed by atoms with E-state index < -0.39 is 0 Å². The van der Waals surface area contributed by atoms with Gasteiger partial charge in [-0.1, -0.05) is 37.1 Å². The summed E-state index contributed by atoms with van der Waals surface area (Å²) in [6.07, 6.45) is 7.77. The molecule has 1 saturated carbocycles. The van der Waals surface area contributed by atoms with Gasteiger partial charge in [0.05, 0.1) is 23.1 Å². The van der Waals surface area contributed by atoms with Gasteiger partial charge in [0.25, 0.3) is 0 Å². The third kappa shape index (κ3) is 3.34. The molecule has 1 aliphatic rings. The number of carbonyl (C=O) groups is 1. The number of amides is 1. The molecule has 0 aliphatic heterocycles. The molecule has 1 fully saturated rings. The van der Waals surface area contributed by atoms with Crippen molar-refractivity contribution in [2.45, 2.75) is 25.7 Å². The van der Waals surface area contributed by atoms with Crippen LogP contribution in [0.5, 0.6) is 0 Å². The second-order valence-corrected chi connectivity index (χ2v) is 8.54. The van der Waals surface area contributed by atoms with Gasteiger partial charge in [-0.05, 0) is 48.7 Å². The molecule has 2 aromatic carbocycles. The van der Waals surface area contributed by atoms with Gasteiger partial charge >= 0.3 is 0 Å². The summed E-state index contributed by atoms with van der Waals surface area (Å²) in [5, 5.41) is 13.0. The molecule has 0 radical (unpaired) electrons. The average Bonchev–Trinajstić information content (AvgIpc) is 3.58. The zero-order valence-electron chi connectivity index (χ0n) is 17.6. The predicted octanol–water partition coefficient (Wildman–Crippen LogP) is 5.90. The molecule has 0 spiro atoms. The normalized spacial score (nSPS) is 14.4. The zero-order valence-corrected chi connectivity index (χ0v) is 17.6. The first-order chi connectivity index (χ1) is 15.7. The number of hydrogen-bond donors (Lipinski definition) is 3. The minimum absolute atomic E-state index is 0.104. The topological polar surface area (TPSA) is 86.5 Å². The Labute approximate surface area is 185 Å². The molecule has 3 N–H and O–H groups in total. The number of anilines is 1. The molecule has 6 rings (SSSR count). The van der Waals surface area contributed by atoms with Crippen molar-refractivity contribution in [3.8, 4) is 22.5 Å². The summed E-state index contributed by atoms with van der Waals surface area (Å²) in [6.45, 7) is 0. The van der Waals surface area contributed by atoms with Crippen LogP contribution in [0, 0.1) is 5.92 Å². The second-order valence-electron chi connectivity index (χ2n) is 8.54. The van der Waals surface area contributed by atoms with Crippen molar-refractivity contribution >= 4 is 33.4 Å². The van der Waals surface area contributed by atoms with E-state index in [1.165, 1.54) is 0 Å². The smallest absolute Gasteiger partial charge is 0.227 e. The molecule has 0 atom stereocenters. The number of nitrogens with zero attached hydrogens (tertiary/aromatic N) is 2. The highest BCUT2D eigenvalue weighted by Crippen LogP contribution is 2.32. The quantitative estimate of drug-likeness (QED) is 0.337. The molecule has 3 heterocycles. The molecule has 5 aromatic rings. The van der Waals surface area contributed by atoms with Crippen LogP contribution in [0.2, 0.25) is 0 Å². The highest BCUT2D eigenvalue weighted by Gasteiger charge is 2.22. The van der Waals surface area contributed by atoms with E-state index in [2.05, 4.69) is 55.8 Å². The number of fused-ring (bicyclic) bond motifs is 2. The van der Waals surface area contributed by atoms with Crippen LogP contribution in [0.4, 0.5) is 5.69 Å². The Morgan fingerprint density at radius 1 is 0.938 bits per heavy atom. The third-order valence-electron chi connectivity index (χ3n) is 6.41. The number of para-hydroxylation sites is 1. The molecule has 6 heteroatoms. The number of rotatable bonds is 4. The number of nitrogens with one attached hydrogen (secondary N) is 3. The number of aromatic nitrogens is 4. The van der Waals surface area contributed by atoms with Gasteiger partial charge in [-0.15, -0.1) is 0 Å². The molecule has 158 valence electrons. The van der Waals surface area contributed by atoms with Crippen molar-refractivity contribution in [2.24, 2.45) is 5.92 Å². The van der Waals surface area contributed by atoms with Crippen LogP contribution >= 0.6 is 0 Å². The number of benzene rings is 2. The van der Waals surface area contributed by atoms with E-state index >= 15 is 0 Å². The van der Waals surface area contributed by atoms with Crippen LogP contribution in [0.1, 0.15) is 25.7 Å². The monoisotopic (exact) mass is 421 g/mol. The highest BCUT2D eigenvalue weighted by molar-refractivity contribution is 5.98. The fourth-order valence-electron chi connectivity index (χ4n) is 4.70. The van der Waals surface area contributed by atoms with E-state index in [1.54, 1.807) is 6.20 Å². The fourth-order valence-corrected chi connectivity index (χ4v) is 4.70. The summed E-state index contributed by atoms with van der Waals surface area (Å²) in [5.74, 6) is 0.229. The van der Waals surface area contributed by atoms with Crippen molar-refractivity contribution in [1.82, 2.24) is 20.2 Å². The predicted molar refractivity (Wildman–Crippen MR) is 127 cm³/mol. The standard InChI is InChI=1S/C26H23N5O/c32-26(16-5-1-2-6-16)28-20-11-19(14-27-15-20)17-9-10-23-21(12-17)25(31-30-23)24-13-18-7-3-4-8-22(18)29-24/h3-4,7-16,29H,1-2,5-6H2,(H,28,32)(H,30,31). The van der Waals surface area contributed by atoms with Crippen LogP contribution in [-0.2, 0) is 4.79 Å². The van der Waals surface area contributed by atoms with E-state index in [0.29, 0.717) is 0 Å². The number of pyridine rings is 1. The van der Waals surface area contributed by atoms with Gasteiger partial charge in [-0.3, -0.25) is 14.9 Å². The van der Waals surface area contributed by atoms with Crippen LogP contribution in [0.3, 0.4) is 0 Å². The van der Waals surface area contributed by atoms with Crippen molar-refractivity contribution in [1.29, 1.82) is 0 Å². The molecule has 0 saturated heterocycles. The first-order valence-electron chi connectivity index (χ1n) is 11.1. The molecule has 0 bridgehead atoms. The summed E-state index contributed by atoms with van der Waals surface area (Å²) < 4.78 is 0. The Morgan fingerprint density at radius 3 is 2.69 bits per heavy atom. The Bertz CT molecular complexity index is 1410. The summed E-state index contributed by atoms with van der Waals surface area (Å²) in [7, 11) is 0. The maximum atomic E-state index is 12.5. The molecule has 3 aromatic heterocycles. The van der Waals surface area contributed by atoms with Gasteiger partial charge < -0.3 is 10.3 Å². The van der Waals surface area contributed by atoms with E-state index in [4.69, 9.17) is 0 Å². The Morgan fingerprint density at radius 2 is 1.81 bits per heavy atom. The number of hydrogen-bond acceptors (Lipinski definition) is 3. The molecule has 1 aliphatic carbocycles. The van der Waals surface area contributed by atoms with Gasteiger partial charge in [0, 0.05) is 34.0 Å². The molecular weight excluding hydrogens is 398 g/mol. The minimum atomic E-state index is 0.104. The van der Waals surface area contributed by atoms with Gasteiger partial charge in [-0.2, -0.15) is 5.10 Å². The van der Waals surface area contributed by atoms with Crippen LogP contribution in [0.15, 0.2) is 67.0 Å². The third-order valence-corrected chi connectivity index (χ3v) is 6.41. The van der Waals surface area contributed by atoms with Gasteiger partial charge in [0.2, 0.25) is 5.91 Å². The second kappa shape index (κ2) is 7.64. The zero-order chi connectivity index (χ0) is 21.5. The molecule has 6 nitrogen and oxygen atoms in total. The lowest BCUT2D eigenvalue weighted by Crippen LogP contribution is -2.20. The van der Waals surface area contributed by atoms with Crippen molar-refractivity contribution in [2.75, 3.05) is 5.32 Å². The highest BCUT2D eigenvalue weighted by atomic mass is 16.1. The Hall–Kier alpha value is -3.93. The lowest BCUT2D eigenvalue weighted by molar-refractivity contribution is -0.119. The first-order valence-corrected chi connectivity index (χ1v) is 11.1. The van der Waals surface area contributed by atoms with E-state index in [1.807, 2.05) is 30.5 Å². The lowest BCUT2D eigenvalue weighted by Gasteiger charge is -2.11. The first kappa shape index (κ1) is 18.8. The molecule has 32 heavy (non-hydrogen) atoms. The number of aromatic amines is 2. The summed E-state index contributed by atoms with van der Waals surface area (Å²) in [4.78, 5) is 20.4. The summed E-state index contributed by atoms with van der Waals surface area (Å²) in [6, 6.07) is 18.5. The molecule has 1 amide bonds. The van der Waals surface area contributed by atoms with E-state index in [-0.39, 0.29) is 11.8 Å². The molecular formula is C26H23N5O. The molecule has 0 unspecified atom stereocenters. The van der Waals surface area contributed by atoms with Crippen molar-refractivity contribution in [3.63, 3.8) is 0 Å². The van der Waals surface area contributed by atoms with Crippen LogP contribution in [0.25, 0.3) is 44.3 Å².